The number of rotatable bonds is 7. The van der Waals surface area contributed by atoms with E-state index in [1.807, 2.05) is 38.1 Å². The van der Waals surface area contributed by atoms with Gasteiger partial charge in [0.25, 0.3) is 0 Å². The van der Waals surface area contributed by atoms with Gasteiger partial charge in [0.15, 0.2) is 0 Å². The van der Waals surface area contributed by atoms with E-state index in [1.165, 1.54) is 0 Å². The number of nitrogens with two attached hydrogens (primary N) is 1. The molecular weight excluding hydrogens is 254 g/mol. The van der Waals surface area contributed by atoms with Crippen LogP contribution in [0.1, 0.15) is 32.3 Å². The van der Waals surface area contributed by atoms with Crippen LogP contribution in [-0.2, 0) is 6.54 Å². The van der Waals surface area contributed by atoms with Gasteiger partial charge in [-0.25, -0.2) is 4.79 Å². The molecule has 0 fully saturated rings. The number of carbonyl (C=O) groups excluding carboxylic acids is 1. The summed E-state index contributed by atoms with van der Waals surface area (Å²) in [6.45, 7) is 4.83. The number of benzene rings is 1. The predicted octanol–water partition coefficient (Wildman–Crippen LogP) is 2.16. The Bertz CT molecular complexity index is 419. The Kier molecular flexibility index (Phi) is 7.04. The molecule has 0 aliphatic heterocycles. The Hall–Kier alpha value is -1.59. The average Bonchev–Trinajstić information content (AvgIpc) is 2.47. The third-order valence-electron chi connectivity index (χ3n) is 3.40. The summed E-state index contributed by atoms with van der Waals surface area (Å²) in [4.78, 5) is 14.0. The lowest BCUT2D eigenvalue weighted by molar-refractivity contribution is 0.158. The SMILES string of the molecule is CCC(CC)N(CCO)C(=O)Nc1cccc(CN)c1. The second-order valence-corrected chi connectivity index (χ2v) is 4.72. The van der Waals surface area contributed by atoms with E-state index in [2.05, 4.69) is 5.32 Å². The zero-order valence-electron chi connectivity index (χ0n) is 12.3. The summed E-state index contributed by atoms with van der Waals surface area (Å²) in [6, 6.07) is 7.44. The van der Waals surface area contributed by atoms with E-state index in [-0.39, 0.29) is 18.7 Å². The van der Waals surface area contributed by atoms with Crippen LogP contribution in [0.2, 0.25) is 0 Å². The first-order valence-electron chi connectivity index (χ1n) is 7.13. The molecule has 20 heavy (non-hydrogen) atoms. The van der Waals surface area contributed by atoms with Gasteiger partial charge < -0.3 is 21.1 Å². The molecule has 0 heterocycles. The number of hydrogen-bond donors (Lipinski definition) is 3. The van der Waals surface area contributed by atoms with Crippen LogP contribution >= 0.6 is 0 Å². The van der Waals surface area contributed by atoms with Crippen LogP contribution in [0.3, 0.4) is 0 Å². The Morgan fingerprint density at radius 3 is 2.65 bits per heavy atom. The molecule has 5 heteroatoms. The first-order chi connectivity index (χ1) is 9.65. The van der Waals surface area contributed by atoms with Gasteiger partial charge in [0.1, 0.15) is 0 Å². The molecule has 112 valence electrons. The third-order valence-corrected chi connectivity index (χ3v) is 3.40. The quantitative estimate of drug-likeness (QED) is 0.715. The number of carbonyl (C=O) groups is 1. The maximum Gasteiger partial charge on any atom is 0.322 e. The molecular formula is C15H25N3O2. The van der Waals surface area contributed by atoms with Gasteiger partial charge >= 0.3 is 6.03 Å². The normalized spacial score (nSPS) is 10.7. The minimum atomic E-state index is -0.179. The van der Waals surface area contributed by atoms with Gasteiger partial charge in [-0.3, -0.25) is 0 Å². The number of amides is 2. The standard InChI is InChI=1S/C15H25N3O2/c1-3-14(4-2)18(8-9-19)15(20)17-13-7-5-6-12(10-13)11-16/h5-7,10,14,19H,3-4,8-9,11,16H2,1-2H3,(H,17,20). The van der Waals surface area contributed by atoms with Gasteiger partial charge in [0, 0.05) is 24.8 Å². The van der Waals surface area contributed by atoms with Gasteiger partial charge in [-0.15, -0.1) is 0 Å². The number of urea groups is 1. The van der Waals surface area contributed by atoms with Gasteiger partial charge in [0.2, 0.25) is 0 Å². The molecule has 0 saturated carbocycles. The zero-order chi connectivity index (χ0) is 15.0. The first-order valence-corrected chi connectivity index (χ1v) is 7.13. The van der Waals surface area contributed by atoms with Crippen molar-refractivity contribution in [3.05, 3.63) is 29.8 Å². The Balaban J connectivity index is 2.79. The smallest absolute Gasteiger partial charge is 0.322 e. The Morgan fingerprint density at radius 2 is 2.10 bits per heavy atom. The van der Waals surface area contributed by atoms with Gasteiger partial charge in [0.05, 0.1) is 6.61 Å². The monoisotopic (exact) mass is 279 g/mol. The highest BCUT2D eigenvalue weighted by Gasteiger charge is 2.20. The van der Waals surface area contributed by atoms with Crippen LogP contribution in [0.15, 0.2) is 24.3 Å². The molecule has 0 unspecified atom stereocenters. The zero-order valence-corrected chi connectivity index (χ0v) is 12.3. The van der Waals surface area contributed by atoms with Gasteiger partial charge in [-0.1, -0.05) is 26.0 Å². The third kappa shape index (κ3) is 4.51. The fourth-order valence-corrected chi connectivity index (χ4v) is 2.26. The lowest BCUT2D eigenvalue weighted by atomic mass is 10.1. The van der Waals surface area contributed by atoms with Crippen LogP contribution in [0.5, 0.6) is 0 Å². The van der Waals surface area contributed by atoms with E-state index in [0.29, 0.717) is 13.1 Å². The molecule has 1 aromatic rings. The molecule has 0 aromatic heterocycles. The van der Waals surface area contributed by atoms with Crippen LogP contribution in [0.25, 0.3) is 0 Å². The summed E-state index contributed by atoms with van der Waals surface area (Å²) >= 11 is 0. The number of aliphatic hydroxyl groups excluding tert-OH is 1. The van der Waals surface area contributed by atoms with E-state index in [9.17, 15) is 4.79 Å². The highest BCUT2D eigenvalue weighted by Crippen LogP contribution is 2.14. The van der Waals surface area contributed by atoms with Crippen LogP contribution in [0, 0.1) is 0 Å². The summed E-state index contributed by atoms with van der Waals surface area (Å²) in [5, 5.41) is 12.0. The van der Waals surface area contributed by atoms with Crippen molar-refractivity contribution in [3.8, 4) is 0 Å². The summed E-state index contributed by atoms with van der Waals surface area (Å²) in [5.41, 5.74) is 7.29. The summed E-state index contributed by atoms with van der Waals surface area (Å²) in [6.07, 6.45) is 1.74. The lowest BCUT2D eigenvalue weighted by Gasteiger charge is -2.30. The molecule has 2 amide bonds. The maximum atomic E-state index is 12.3. The summed E-state index contributed by atoms with van der Waals surface area (Å²) in [7, 11) is 0. The van der Waals surface area contributed by atoms with Crippen molar-refractivity contribution in [3.63, 3.8) is 0 Å². The van der Waals surface area contributed by atoms with Crippen molar-refractivity contribution in [1.82, 2.24) is 4.90 Å². The van der Waals surface area contributed by atoms with E-state index in [4.69, 9.17) is 10.8 Å². The Labute approximate surface area is 120 Å². The molecule has 0 radical (unpaired) electrons. The van der Waals surface area contributed by atoms with E-state index in [0.717, 1.165) is 24.1 Å². The molecule has 0 bridgehead atoms. The minimum Gasteiger partial charge on any atom is -0.395 e. The highest BCUT2D eigenvalue weighted by molar-refractivity contribution is 5.89. The van der Waals surface area contributed by atoms with Gasteiger partial charge in [-0.05, 0) is 30.5 Å². The second-order valence-electron chi connectivity index (χ2n) is 4.72. The topological polar surface area (TPSA) is 78.6 Å². The average molecular weight is 279 g/mol. The van der Waals surface area contributed by atoms with E-state index < -0.39 is 0 Å². The first kappa shape index (κ1) is 16.5. The highest BCUT2D eigenvalue weighted by atomic mass is 16.3. The molecule has 0 aliphatic carbocycles. The fourth-order valence-electron chi connectivity index (χ4n) is 2.26. The number of hydrogen-bond acceptors (Lipinski definition) is 3. The van der Waals surface area contributed by atoms with Crippen molar-refractivity contribution in [2.24, 2.45) is 5.73 Å². The van der Waals surface area contributed by atoms with Crippen molar-refractivity contribution in [1.29, 1.82) is 0 Å². The number of aliphatic hydroxyl groups is 1. The van der Waals surface area contributed by atoms with E-state index in [1.54, 1.807) is 4.90 Å². The largest absolute Gasteiger partial charge is 0.395 e. The van der Waals surface area contributed by atoms with Crippen molar-refractivity contribution >= 4 is 11.7 Å². The van der Waals surface area contributed by atoms with Gasteiger partial charge in [-0.2, -0.15) is 0 Å². The van der Waals surface area contributed by atoms with Crippen LogP contribution in [0.4, 0.5) is 10.5 Å². The molecule has 0 aliphatic rings. The number of nitrogens with one attached hydrogen (secondary N) is 1. The summed E-state index contributed by atoms with van der Waals surface area (Å²) < 4.78 is 0. The van der Waals surface area contributed by atoms with Crippen molar-refractivity contribution in [2.75, 3.05) is 18.5 Å². The number of nitrogens with zero attached hydrogens (tertiary/aromatic N) is 1. The lowest BCUT2D eigenvalue weighted by Crippen LogP contribution is -2.44. The molecule has 0 spiro atoms. The predicted molar refractivity (Wildman–Crippen MR) is 81.5 cm³/mol. The Morgan fingerprint density at radius 1 is 1.40 bits per heavy atom. The molecule has 1 rings (SSSR count). The maximum absolute atomic E-state index is 12.3. The molecule has 1 aromatic carbocycles. The van der Waals surface area contributed by atoms with Crippen LogP contribution < -0.4 is 11.1 Å². The molecule has 5 nitrogen and oxygen atoms in total. The second kappa shape index (κ2) is 8.55. The summed E-state index contributed by atoms with van der Waals surface area (Å²) in [5.74, 6) is 0. The molecule has 4 N–H and O–H groups in total. The van der Waals surface area contributed by atoms with E-state index >= 15 is 0 Å². The van der Waals surface area contributed by atoms with Crippen molar-refractivity contribution in [2.45, 2.75) is 39.3 Å². The van der Waals surface area contributed by atoms with Crippen molar-refractivity contribution < 1.29 is 9.90 Å². The number of anilines is 1. The fraction of sp³-hybridized carbons (Fsp3) is 0.533. The molecule has 0 atom stereocenters. The minimum absolute atomic E-state index is 0.0350. The molecule has 0 saturated heterocycles. The van der Waals surface area contributed by atoms with Crippen LogP contribution in [-0.4, -0.2) is 35.2 Å².